The Labute approximate surface area is 200 Å². The highest BCUT2D eigenvalue weighted by atomic mass is 127. The number of hydrogen-bond donors (Lipinski definition) is 1. The Hall–Kier alpha value is -2.45. The highest BCUT2D eigenvalue weighted by Crippen LogP contribution is 2.31. The van der Waals surface area contributed by atoms with Crippen LogP contribution in [-0.2, 0) is 6.61 Å². The molecule has 0 aromatic heterocycles. The molecule has 0 bridgehead atoms. The Morgan fingerprint density at radius 2 is 1.73 bits per heavy atom. The molecule has 0 amide bonds. The molecule has 0 atom stereocenters. The van der Waals surface area contributed by atoms with E-state index in [0.717, 1.165) is 18.3 Å². The smallest absolute Gasteiger partial charge is 0.335 e. The minimum Gasteiger partial charge on any atom is -0.487 e. The summed E-state index contributed by atoms with van der Waals surface area (Å²) in [6.07, 6.45) is 1.65. The predicted molar refractivity (Wildman–Crippen MR) is 129 cm³/mol. The van der Waals surface area contributed by atoms with Gasteiger partial charge in [-0.05, 0) is 92.7 Å². The summed E-state index contributed by atoms with van der Waals surface area (Å²) in [6, 6.07) is 18.5. The van der Waals surface area contributed by atoms with Crippen LogP contribution in [0.5, 0.6) is 5.75 Å². The number of benzene rings is 3. The Morgan fingerprint density at radius 1 is 1.10 bits per heavy atom. The maximum Gasteiger partial charge on any atom is 0.335 e. The van der Waals surface area contributed by atoms with Crippen LogP contribution in [0.1, 0.15) is 27.0 Å². The van der Waals surface area contributed by atoms with Crippen LogP contribution in [0.2, 0.25) is 0 Å². The van der Waals surface area contributed by atoms with Crippen LogP contribution in [-0.4, -0.2) is 11.1 Å². The Morgan fingerprint density at radius 3 is 2.30 bits per heavy atom. The third-order valence-electron chi connectivity index (χ3n) is 4.20. The average molecular weight is 625 g/mol. The van der Waals surface area contributed by atoms with E-state index >= 15 is 0 Å². The molecule has 1 N–H and O–H groups in total. The molecule has 30 heavy (non-hydrogen) atoms. The van der Waals surface area contributed by atoms with Gasteiger partial charge in [0.2, 0.25) is 0 Å². The van der Waals surface area contributed by atoms with Crippen LogP contribution in [0, 0.1) is 24.3 Å². The summed E-state index contributed by atoms with van der Waals surface area (Å²) in [6.45, 7) is 0.291. The Bertz CT molecular complexity index is 1140. The molecule has 0 aliphatic heterocycles. The molecule has 0 saturated heterocycles. The van der Waals surface area contributed by atoms with E-state index < -0.39 is 11.8 Å². The van der Waals surface area contributed by atoms with Gasteiger partial charge in [-0.25, -0.2) is 9.18 Å². The molecule has 0 radical (unpaired) electrons. The summed E-state index contributed by atoms with van der Waals surface area (Å²) in [5.41, 5.74) is 2.34. The number of carboxylic acid groups (broad SMARTS) is 1. The minimum atomic E-state index is -0.970. The Balaban J connectivity index is 1.82. The molecule has 3 rings (SSSR count). The molecule has 3 aromatic rings. The number of carbonyl (C=O) groups is 1. The Kier molecular flexibility index (Phi) is 7.44. The lowest BCUT2D eigenvalue weighted by molar-refractivity contribution is 0.0697. The fourth-order valence-corrected chi connectivity index (χ4v) is 4.84. The fraction of sp³-hybridized carbons (Fsp3) is 0.0435. The number of hydrogen-bond acceptors (Lipinski definition) is 3. The van der Waals surface area contributed by atoms with Crippen molar-refractivity contribution in [2.24, 2.45) is 0 Å². The van der Waals surface area contributed by atoms with Crippen molar-refractivity contribution in [1.82, 2.24) is 0 Å². The molecule has 3 aromatic carbocycles. The molecular formula is C23H14FI2NO3. The van der Waals surface area contributed by atoms with Crippen molar-refractivity contribution in [3.05, 3.63) is 95.9 Å². The first-order valence-corrected chi connectivity index (χ1v) is 10.9. The predicted octanol–water partition coefficient (Wildman–Crippen LogP) is 6.38. The topological polar surface area (TPSA) is 70.3 Å². The average Bonchev–Trinajstić information content (AvgIpc) is 2.72. The zero-order valence-corrected chi connectivity index (χ0v) is 19.7. The van der Waals surface area contributed by atoms with E-state index in [1.165, 1.54) is 18.2 Å². The van der Waals surface area contributed by atoms with Gasteiger partial charge >= 0.3 is 5.97 Å². The van der Waals surface area contributed by atoms with Crippen molar-refractivity contribution in [2.45, 2.75) is 6.61 Å². The molecule has 0 saturated carbocycles. The summed E-state index contributed by atoms with van der Waals surface area (Å²) in [5, 5.41) is 18.4. The molecule has 0 unspecified atom stereocenters. The summed E-state index contributed by atoms with van der Waals surface area (Å²) in [5.74, 6) is -0.717. The number of rotatable bonds is 6. The van der Waals surface area contributed by atoms with E-state index in [0.29, 0.717) is 12.4 Å². The molecule has 0 aliphatic rings. The first-order valence-electron chi connectivity index (χ1n) is 8.70. The molecule has 0 heterocycles. The molecule has 4 nitrogen and oxygen atoms in total. The lowest BCUT2D eigenvalue weighted by Gasteiger charge is -2.12. The SMILES string of the molecule is N#C/C(=C/c1cc(I)c(OCc2ccc(C(=O)O)cc2)c(I)c1)c1ccccc1F. The van der Waals surface area contributed by atoms with Crippen molar-refractivity contribution in [2.75, 3.05) is 0 Å². The highest BCUT2D eigenvalue weighted by Gasteiger charge is 2.12. The largest absolute Gasteiger partial charge is 0.487 e. The highest BCUT2D eigenvalue weighted by molar-refractivity contribution is 14.1. The van der Waals surface area contributed by atoms with Crippen LogP contribution in [0.3, 0.4) is 0 Å². The van der Waals surface area contributed by atoms with Gasteiger partial charge in [-0.3, -0.25) is 0 Å². The van der Waals surface area contributed by atoms with Crippen molar-refractivity contribution < 1.29 is 19.0 Å². The minimum absolute atomic E-state index is 0.224. The van der Waals surface area contributed by atoms with Crippen LogP contribution < -0.4 is 4.74 Å². The lowest BCUT2D eigenvalue weighted by Crippen LogP contribution is -2.01. The van der Waals surface area contributed by atoms with Gasteiger partial charge in [-0.1, -0.05) is 30.3 Å². The number of nitriles is 1. The second-order valence-electron chi connectivity index (χ2n) is 6.25. The zero-order valence-electron chi connectivity index (χ0n) is 15.4. The van der Waals surface area contributed by atoms with Gasteiger partial charge in [0.05, 0.1) is 24.3 Å². The third-order valence-corrected chi connectivity index (χ3v) is 5.80. The zero-order chi connectivity index (χ0) is 21.7. The van der Waals surface area contributed by atoms with Gasteiger partial charge < -0.3 is 9.84 Å². The second-order valence-corrected chi connectivity index (χ2v) is 8.58. The van der Waals surface area contributed by atoms with Crippen LogP contribution in [0.15, 0.2) is 60.7 Å². The number of ether oxygens (including phenoxy) is 1. The summed E-state index contributed by atoms with van der Waals surface area (Å²) < 4.78 is 21.7. The van der Waals surface area contributed by atoms with Gasteiger partial charge in [-0.15, -0.1) is 0 Å². The van der Waals surface area contributed by atoms with Crippen molar-refractivity contribution in [3.63, 3.8) is 0 Å². The number of nitrogens with zero attached hydrogens (tertiary/aromatic N) is 1. The summed E-state index contributed by atoms with van der Waals surface area (Å²) in [7, 11) is 0. The standard InChI is InChI=1S/C23H14FI2NO3/c24-19-4-2-1-3-18(19)17(12-27)9-15-10-20(25)22(21(26)11-15)30-13-14-5-7-16(8-6-14)23(28)29/h1-11H,13H2,(H,28,29)/b17-9-. The molecule has 0 fully saturated rings. The van der Waals surface area contributed by atoms with Gasteiger partial charge in [0.15, 0.2) is 0 Å². The van der Waals surface area contributed by atoms with Gasteiger partial charge in [0.25, 0.3) is 0 Å². The van der Waals surface area contributed by atoms with E-state index in [-0.39, 0.29) is 16.7 Å². The third kappa shape index (κ3) is 5.37. The van der Waals surface area contributed by atoms with Crippen molar-refractivity contribution in [3.8, 4) is 11.8 Å². The number of aromatic carboxylic acids is 1. The quantitative estimate of drug-likeness (QED) is 0.196. The van der Waals surface area contributed by atoms with Crippen molar-refractivity contribution >= 4 is 62.8 Å². The maximum atomic E-state index is 14.0. The molecule has 150 valence electrons. The van der Waals surface area contributed by atoms with Crippen LogP contribution in [0.4, 0.5) is 4.39 Å². The first kappa shape index (κ1) is 22.2. The van der Waals surface area contributed by atoms with Gasteiger partial charge in [-0.2, -0.15) is 5.26 Å². The van der Waals surface area contributed by atoms with Gasteiger partial charge in [0, 0.05) is 5.56 Å². The molecular weight excluding hydrogens is 611 g/mol. The van der Waals surface area contributed by atoms with Crippen LogP contribution in [0.25, 0.3) is 11.6 Å². The van der Waals surface area contributed by atoms with E-state index in [1.54, 1.807) is 36.4 Å². The van der Waals surface area contributed by atoms with Crippen molar-refractivity contribution in [1.29, 1.82) is 5.26 Å². The van der Waals surface area contributed by atoms with E-state index in [2.05, 4.69) is 51.3 Å². The number of halogens is 3. The van der Waals surface area contributed by atoms with Gasteiger partial charge in [0.1, 0.15) is 18.2 Å². The number of allylic oxidation sites excluding steroid dienone is 1. The maximum absolute atomic E-state index is 14.0. The van der Waals surface area contributed by atoms with E-state index in [9.17, 15) is 14.4 Å². The van der Waals surface area contributed by atoms with Crippen LogP contribution >= 0.6 is 45.2 Å². The normalized spacial score (nSPS) is 11.1. The fourth-order valence-electron chi connectivity index (χ4n) is 2.72. The molecule has 0 aliphatic carbocycles. The summed E-state index contributed by atoms with van der Waals surface area (Å²) >= 11 is 4.31. The monoisotopic (exact) mass is 625 g/mol. The van der Waals surface area contributed by atoms with E-state index in [4.69, 9.17) is 9.84 Å². The summed E-state index contributed by atoms with van der Waals surface area (Å²) in [4.78, 5) is 10.9. The second kappa shape index (κ2) is 10.0. The lowest BCUT2D eigenvalue weighted by atomic mass is 10.0. The molecule has 7 heteroatoms. The number of carboxylic acids is 1. The molecule has 0 spiro atoms. The first-order chi connectivity index (χ1) is 14.4. The van der Waals surface area contributed by atoms with E-state index in [1.807, 2.05) is 12.1 Å².